The molecule has 0 N–H and O–H groups in total. The van der Waals surface area contributed by atoms with Gasteiger partial charge in [0.25, 0.3) is 0 Å². The molecular formula is C22H23F2N3O2. The predicted molar refractivity (Wildman–Crippen MR) is 105 cm³/mol. The monoisotopic (exact) mass is 399 g/mol. The summed E-state index contributed by atoms with van der Waals surface area (Å²) in [4.78, 5) is 30.8. The van der Waals surface area contributed by atoms with Crippen molar-refractivity contribution in [2.75, 3.05) is 38.1 Å². The first kappa shape index (κ1) is 19.5. The van der Waals surface area contributed by atoms with Crippen molar-refractivity contribution < 1.29 is 18.4 Å². The number of likely N-dealkylation sites (tertiary alicyclic amines) is 1. The fourth-order valence-electron chi connectivity index (χ4n) is 4.24. The number of anilines is 1. The van der Waals surface area contributed by atoms with E-state index in [1.165, 1.54) is 24.3 Å². The second-order valence-electron chi connectivity index (χ2n) is 7.91. The van der Waals surface area contributed by atoms with Gasteiger partial charge in [0.2, 0.25) is 11.8 Å². The Balaban J connectivity index is 1.49. The molecule has 29 heavy (non-hydrogen) atoms. The van der Waals surface area contributed by atoms with E-state index in [1.54, 1.807) is 34.1 Å². The largest absolute Gasteiger partial charge is 0.340 e. The van der Waals surface area contributed by atoms with E-state index in [4.69, 9.17) is 0 Å². The van der Waals surface area contributed by atoms with E-state index < -0.39 is 0 Å². The molecule has 0 radical (unpaired) electrons. The maximum Gasteiger partial charge on any atom is 0.241 e. The maximum atomic E-state index is 13.7. The summed E-state index contributed by atoms with van der Waals surface area (Å²) in [7, 11) is 1.90. The zero-order valence-electron chi connectivity index (χ0n) is 16.3. The van der Waals surface area contributed by atoms with Crippen LogP contribution < -0.4 is 4.90 Å². The highest BCUT2D eigenvalue weighted by Crippen LogP contribution is 2.33. The Labute approximate surface area is 168 Å². The van der Waals surface area contributed by atoms with Gasteiger partial charge in [-0.2, -0.15) is 0 Å². The molecule has 1 spiro atoms. The van der Waals surface area contributed by atoms with Crippen molar-refractivity contribution in [3.8, 4) is 0 Å². The van der Waals surface area contributed by atoms with Gasteiger partial charge in [0.05, 0.1) is 18.5 Å². The lowest BCUT2D eigenvalue weighted by Crippen LogP contribution is -2.64. The highest BCUT2D eigenvalue weighted by Gasteiger charge is 2.48. The van der Waals surface area contributed by atoms with Crippen molar-refractivity contribution in [1.29, 1.82) is 0 Å². The minimum atomic E-state index is -0.384. The van der Waals surface area contributed by atoms with Crippen molar-refractivity contribution >= 4 is 17.5 Å². The molecule has 2 aromatic rings. The average Bonchev–Trinajstić information content (AvgIpc) is 3.12. The van der Waals surface area contributed by atoms with Crippen molar-refractivity contribution in [2.45, 2.75) is 18.4 Å². The lowest BCUT2D eigenvalue weighted by molar-refractivity contribution is -0.130. The first-order chi connectivity index (χ1) is 13.9. The number of hydrogen-bond donors (Lipinski definition) is 0. The molecule has 1 atom stereocenters. The van der Waals surface area contributed by atoms with Crippen LogP contribution in [0.1, 0.15) is 12.0 Å². The SMILES string of the molecule is CN1CC(=O)N(c2cccc(F)c2)CC12CCN(C(=O)Cc1ccc(F)cc1)C2. The van der Waals surface area contributed by atoms with Crippen LogP contribution in [0.3, 0.4) is 0 Å². The Morgan fingerprint density at radius 3 is 2.55 bits per heavy atom. The second-order valence-corrected chi connectivity index (χ2v) is 7.91. The molecule has 2 aliphatic rings. The Morgan fingerprint density at radius 1 is 1.07 bits per heavy atom. The van der Waals surface area contributed by atoms with Crippen LogP contribution in [-0.4, -0.2) is 60.4 Å². The fraction of sp³-hybridized carbons (Fsp3) is 0.364. The van der Waals surface area contributed by atoms with Crippen LogP contribution >= 0.6 is 0 Å². The molecule has 2 fully saturated rings. The number of nitrogens with zero attached hydrogens (tertiary/aromatic N) is 3. The number of hydrogen-bond acceptors (Lipinski definition) is 3. The van der Waals surface area contributed by atoms with Crippen LogP contribution in [0.15, 0.2) is 48.5 Å². The minimum Gasteiger partial charge on any atom is -0.340 e. The van der Waals surface area contributed by atoms with Crippen molar-refractivity contribution in [2.24, 2.45) is 0 Å². The summed E-state index contributed by atoms with van der Waals surface area (Å²) in [6.07, 6.45) is 0.949. The van der Waals surface area contributed by atoms with Crippen molar-refractivity contribution in [3.63, 3.8) is 0 Å². The van der Waals surface area contributed by atoms with Gasteiger partial charge in [0, 0.05) is 25.3 Å². The van der Waals surface area contributed by atoms with Crippen LogP contribution in [-0.2, 0) is 16.0 Å². The Kier molecular flexibility index (Phi) is 5.08. The van der Waals surface area contributed by atoms with Gasteiger partial charge >= 0.3 is 0 Å². The molecule has 2 saturated heterocycles. The second kappa shape index (κ2) is 7.55. The average molecular weight is 399 g/mol. The van der Waals surface area contributed by atoms with Gasteiger partial charge in [-0.05, 0) is 49.4 Å². The minimum absolute atomic E-state index is 0.0175. The van der Waals surface area contributed by atoms with Gasteiger partial charge in [-0.1, -0.05) is 18.2 Å². The molecule has 0 aliphatic carbocycles. The first-order valence-corrected chi connectivity index (χ1v) is 9.66. The number of rotatable bonds is 3. The van der Waals surface area contributed by atoms with Gasteiger partial charge in [-0.3, -0.25) is 14.5 Å². The smallest absolute Gasteiger partial charge is 0.241 e. The van der Waals surface area contributed by atoms with Gasteiger partial charge in [-0.15, -0.1) is 0 Å². The predicted octanol–water partition coefficient (Wildman–Crippen LogP) is 2.46. The normalized spacial score (nSPS) is 22.5. The molecule has 0 aromatic heterocycles. The Bertz CT molecular complexity index is 934. The quantitative estimate of drug-likeness (QED) is 0.797. The number of piperazine rings is 1. The molecule has 2 amide bonds. The van der Waals surface area contributed by atoms with Crippen molar-refractivity contribution in [1.82, 2.24) is 9.80 Å². The molecule has 7 heteroatoms. The number of carbonyl (C=O) groups is 2. The fourth-order valence-corrected chi connectivity index (χ4v) is 4.24. The lowest BCUT2D eigenvalue weighted by atomic mass is 9.92. The third-order valence-corrected chi connectivity index (χ3v) is 6.01. The van der Waals surface area contributed by atoms with Crippen LogP contribution in [0.25, 0.3) is 0 Å². The number of halogens is 2. The molecular weight excluding hydrogens is 376 g/mol. The van der Waals surface area contributed by atoms with E-state index in [-0.39, 0.29) is 42.0 Å². The summed E-state index contributed by atoms with van der Waals surface area (Å²) < 4.78 is 26.8. The molecule has 4 rings (SSSR count). The van der Waals surface area contributed by atoms with Crippen LogP contribution in [0, 0.1) is 11.6 Å². The van der Waals surface area contributed by atoms with Crippen LogP contribution in [0.2, 0.25) is 0 Å². The zero-order chi connectivity index (χ0) is 20.6. The molecule has 0 saturated carbocycles. The molecule has 2 aromatic carbocycles. The Morgan fingerprint density at radius 2 is 1.83 bits per heavy atom. The number of likely N-dealkylation sites (N-methyl/N-ethyl adjacent to an activating group) is 1. The molecule has 152 valence electrons. The van der Waals surface area contributed by atoms with E-state index in [1.807, 2.05) is 11.9 Å². The van der Waals surface area contributed by atoms with Gasteiger partial charge in [0.15, 0.2) is 0 Å². The van der Waals surface area contributed by atoms with E-state index in [0.717, 1.165) is 12.0 Å². The van der Waals surface area contributed by atoms with Crippen LogP contribution in [0.5, 0.6) is 0 Å². The highest BCUT2D eigenvalue weighted by molar-refractivity contribution is 5.96. The van der Waals surface area contributed by atoms with Gasteiger partial charge in [0.1, 0.15) is 11.6 Å². The summed E-state index contributed by atoms with van der Waals surface area (Å²) in [6, 6.07) is 12.0. The Hall–Kier alpha value is -2.80. The molecule has 5 nitrogen and oxygen atoms in total. The number of amides is 2. The number of carbonyl (C=O) groups excluding carboxylic acids is 2. The third kappa shape index (κ3) is 3.87. The summed E-state index contributed by atoms with van der Waals surface area (Å²) in [5.74, 6) is -0.811. The standard InChI is InChI=1S/C22H23F2N3O2/c1-25-13-21(29)27(19-4-2-3-18(24)12-19)15-22(25)9-10-26(14-22)20(28)11-16-5-7-17(23)8-6-16/h2-8,12H,9-11,13-15H2,1H3. The van der Waals surface area contributed by atoms with E-state index in [9.17, 15) is 18.4 Å². The first-order valence-electron chi connectivity index (χ1n) is 9.66. The van der Waals surface area contributed by atoms with E-state index >= 15 is 0 Å². The van der Waals surface area contributed by atoms with Gasteiger partial charge < -0.3 is 9.80 Å². The van der Waals surface area contributed by atoms with Gasteiger partial charge in [-0.25, -0.2) is 8.78 Å². The van der Waals surface area contributed by atoms with Crippen molar-refractivity contribution in [3.05, 3.63) is 65.7 Å². The highest BCUT2D eigenvalue weighted by atomic mass is 19.1. The summed E-state index contributed by atoms with van der Waals surface area (Å²) in [5.41, 5.74) is 0.947. The van der Waals surface area contributed by atoms with E-state index in [2.05, 4.69) is 0 Å². The topological polar surface area (TPSA) is 43.9 Å². The molecule has 2 heterocycles. The summed E-state index contributed by atoms with van der Waals surface area (Å²) >= 11 is 0. The lowest BCUT2D eigenvalue weighted by Gasteiger charge is -2.46. The zero-order valence-corrected chi connectivity index (χ0v) is 16.3. The summed E-state index contributed by atoms with van der Waals surface area (Å²) in [5, 5.41) is 0. The summed E-state index contributed by atoms with van der Waals surface area (Å²) in [6.45, 7) is 1.72. The van der Waals surface area contributed by atoms with E-state index in [0.29, 0.717) is 25.3 Å². The molecule has 0 bridgehead atoms. The molecule has 1 unspecified atom stereocenters. The third-order valence-electron chi connectivity index (χ3n) is 6.01. The maximum absolute atomic E-state index is 13.7. The van der Waals surface area contributed by atoms with Crippen LogP contribution in [0.4, 0.5) is 14.5 Å². The molecule has 2 aliphatic heterocycles. The number of benzene rings is 2.